The zero-order chi connectivity index (χ0) is 13.7. The Morgan fingerprint density at radius 1 is 1.37 bits per heavy atom. The highest BCUT2D eigenvalue weighted by Gasteiger charge is 2.29. The largest absolute Gasteiger partial charge is 0.481 e. The summed E-state index contributed by atoms with van der Waals surface area (Å²) in [5, 5.41) is 0. The minimum atomic E-state index is -0.408. The molecule has 2 atom stereocenters. The highest BCUT2D eigenvalue weighted by molar-refractivity contribution is 5.81. The van der Waals surface area contributed by atoms with Gasteiger partial charge in [0.25, 0.3) is 5.91 Å². The highest BCUT2D eigenvalue weighted by Crippen LogP contribution is 2.21. The van der Waals surface area contributed by atoms with Gasteiger partial charge in [0.05, 0.1) is 0 Å². The van der Waals surface area contributed by atoms with E-state index in [0.29, 0.717) is 6.04 Å². The second-order valence-corrected chi connectivity index (χ2v) is 5.16. The summed E-state index contributed by atoms with van der Waals surface area (Å²) in [6, 6.07) is 9.94. The zero-order valence-electron chi connectivity index (χ0n) is 11.8. The lowest BCUT2D eigenvalue weighted by Crippen LogP contribution is -2.48. The molecule has 19 heavy (non-hydrogen) atoms. The normalized spacial score (nSPS) is 20.9. The van der Waals surface area contributed by atoms with Crippen LogP contribution in [0.25, 0.3) is 0 Å². The van der Waals surface area contributed by atoms with E-state index in [-0.39, 0.29) is 5.91 Å². The van der Waals surface area contributed by atoms with Gasteiger partial charge in [-0.3, -0.25) is 4.79 Å². The number of piperidine rings is 1. The van der Waals surface area contributed by atoms with Crippen molar-refractivity contribution < 1.29 is 9.53 Å². The molecule has 2 rings (SSSR count). The van der Waals surface area contributed by atoms with Crippen molar-refractivity contribution in [3.8, 4) is 5.75 Å². The molecule has 1 fully saturated rings. The third kappa shape index (κ3) is 3.49. The topological polar surface area (TPSA) is 29.5 Å². The van der Waals surface area contributed by atoms with Gasteiger partial charge < -0.3 is 9.64 Å². The van der Waals surface area contributed by atoms with Gasteiger partial charge in [0.1, 0.15) is 5.75 Å². The maximum Gasteiger partial charge on any atom is 0.263 e. The number of carbonyl (C=O) groups is 1. The van der Waals surface area contributed by atoms with Crippen molar-refractivity contribution >= 4 is 5.91 Å². The monoisotopic (exact) mass is 261 g/mol. The van der Waals surface area contributed by atoms with Crippen molar-refractivity contribution in [1.29, 1.82) is 0 Å². The minimum absolute atomic E-state index is 0.121. The fraction of sp³-hybridized carbons (Fsp3) is 0.562. The summed E-state index contributed by atoms with van der Waals surface area (Å²) in [6.07, 6.45) is 4.09. The smallest absolute Gasteiger partial charge is 0.263 e. The molecule has 0 radical (unpaired) electrons. The van der Waals surface area contributed by atoms with E-state index in [0.717, 1.165) is 31.6 Å². The average molecular weight is 261 g/mol. The molecule has 1 aliphatic heterocycles. The summed E-state index contributed by atoms with van der Waals surface area (Å²) >= 11 is 0. The highest BCUT2D eigenvalue weighted by atomic mass is 16.5. The first-order valence-electron chi connectivity index (χ1n) is 7.24. The van der Waals surface area contributed by atoms with Crippen LogP contribution in [0.4, 0.5) is 0 Å². The van der Waals surface area contributed by atoms with Crippen LogP contribution < -0.4 is 4.74 Å². The Kier molecular flexibility index (Phi) is 4.83. The van der Waals surface area contributed by atoms with Crippen LogP contribution in [0.5, 0.6) is 5.75 Å². The van der Waals surface area contributed by atoms with Gasteiger partial charge in [-0.1, -0.05) is 25.1 Å². The van der Waals surface area contributed by atoms with Gasteiger partial charge in [-0.25, -0.2) is 0 Å². The molecular weight excluding hydrogens is 238 g/mol. The molecule has 1 saturated heterocycles. The fourth-order valence-corrected chi connectivity index (χ4v) is 2.70. The predicted molar refractivity (Wildman–Crippen MR) is 76.2 cm³/mol. The van der Waals surface area contributed by atoms with Crippen LogP contribution in [0.1, 0.15) is 39.5 Å². The summed E-state index contributed by atoms with van der Waals surface area (Å²) in [5.41, 5.74) is 0. The number of amides is 1. The van der Waals surface area contributed by atoms with Crippen molar-refractivity contribution in [3.63, 3.8) is 0 Å². The molecule has 1 aromatic carbocycles. The predicted octanol–water partition coefficient (Wildman–Crippen LogP) is 3.25. The summed E-state index contributed by atoms with van der Waals surface area (Å²) in [5.74, 6) is 0.879. The Bertz CT molecular complexity index is 404. The molecule has 0 saturated carbocycles. The number of ether oxygens (including phenoxy) is 1. The van der Waals surface area contributed by atoms with Crippen LogP contribution in [-0.2, 0) is 4.79 Å². The number of hydrogen-bond acceptors (Lipinski definition) is 2. The Labute approximate surface area is 115 Å². The molecule has 1 amide bonds. The van der Waals surface area contributed by atoms with Gasteiger partial charge in [0.2, 0.25) is 0 Å². The number of para-hydroxylation sites is 1. The van der Waals surface area contributed by atoms with Gasteiger partial charge >= 0.3 is 0 Å². The maximum atomic E-state index is 12.5. The molecule has 1 aliphatic rings. The van der Waals surface area contributed by atoms with Crippen molar-refractivity contribution in [2.24, 2.45) is 0 Å². The third-order valence-electron chi connectivity index (χ3n) is 3.79. The van der Waals surface area contributed by atoms with Gasteiger partial charge in [-0.05, 0) is 44.7 Å². The SMILES string of the molecule is CC[C@@H]1CCCCN1C(=O)[C@@H](C)Oc1ccccc1. The first-order chi connectivity index (χ1) is 9.22. The quantitative estimate of drug-likeness (QED) is 0.832. The van der Waals surface area contributed by atoms with Crippen LogP contribution >= 0.6 is 0 Å². The van der Waals surface area contributed by atoms with Crippen LogP contribution in [0, 0.1) is 0 Å². The number of rotatable bonds is 4. The van der Waals surface area contributed by atoms with Crippen molar-refractivity contribution in [1.82, 2.24) is 4.90 Å². The summed E-state index contributed by atoms with van der Waals surface area (Å²) in [6.45, 7) is 4.87. The van der Waals surface area contributed by atoms with Crippen molar-refractivity contribution in [2.45, 2.75) is 51.7 Å². The van der Waals surface area contributed by atoms with E-state index in [1.807, 2.05) is 42.2 Å². The fourth-order valence-electron chi connectivity index (χ4n) is 2.70. The second kappa shape index (κ2) is 6.60. The summed E-state index contributed by atoms with van der Waals surface area (Å²) < 4.78 is 5.73. The molecular formula is C16H23NO2. The van der Waals surface area contributed by atoms with Gasteiger partial charge in [-0.15, -0.1) is 0 Å². The van der Waals surface area contributed by atoms with Gasteiger partial charge in [0.15, 0.2) is 6.10 Å². The second-order valence-electron chi connectivity index (χ2n) is 5.16. The van der Waals surface area contributed by atoms with Crippen LogP contribution in [0.2, 0.25) is 0 Å². The van der Waals surface area contributed by atoms with Crippen molar-refractivity contribution in [3.05, 3.63) is 30.3 Å². The maximum absolute atomic E-state index is 12.5. The molecule has 1 aromatic rings. The van der Waals surface area contributed by atoms with Crippen LogP contribution in [0.15, 0.2) is 30.3 Å². The average Bonchev–Trinajstić information content (AvgIpc) is 2.47. The Morgan fingerprint density at radius 2 is 2.11 bits per heavy atom. The Morgan fingerprint density at radius 3 is 2.79 bits per heavy atom. The van der Waals surface area contributed by atoms with E-state index < -0.39 is 6.10 Å². The molecule has 0 spiro atoms. The first-order valence-corrected chi connectivity index (χ1v) is 7.24. The van der Waals surface area contributed by atoms with Crippen LogP contribution in [-0.4, -0.2) is 29.5 Å². The first kappa shape index (κ1) is 13.9. The molecule has 1 heterocycles. The Hall–Kier alpha value is -1.51. The van der Waals surface area contributed by atoms with E-state index >= 15 is 0 Å². The third-order valence-corrected chi connectivity index (χ3v) is 3.79. The molecule has 3 heteroatoms. The zero-order valence-corrected chi connectivity index (χ0v) is 11.8. The minimum Gasteiger partial charge on any atom is -0.481 e. The number of hydrogen-bond donors (Lipinski definition) is 0. The summed E-state index contributed by atoms with van der Waals surface area (Å²) in [4.78, 5) is 14.5. The lowest BCUT2D eigenvalue weighted by Gasteiger charge is -2.36. The van der Waals surface area contributed by atoms with E-state index in [1.165, 1.54) is 6.42 Å². The molecule has 0 N–H and O–H groups in total. The number of benzene rings is 1. The molecule has 0 aromatic heterocycles. The standard InChI is InChI=1S/C16H23NO2/c1-3-14-9-7-8-12-17(14)16(18)13(2)19-15-10-5-4-6-11-15/h4-6,10-11,13-14H,3,7-9,12H2,1-2H3/t13-,14-/m1/s1. The van der Waals surface area contributed by atoms with E-state index in [9.17, 15) is 4.79 Å². The number of likely N-dealkylation sites (tertiary alicyclic amines) is 1. The number of nitrogens with zero attached hydrogens (tertiary/aromatic N) is 1. The lowest BCUT2D eigenvalue weighted by molar-refractivity contribution is -0.141. The molecule has 0 bridgehead atoms. The Balaban J connectivity index is 1.98. The van der Waals surface area contributed by atoms with Crippen LogP contribution in [0.3, 0.4) is 0 Å². The molecule has 104 valence electrons. The van der Waals surface area contributed by atoms with Gasteiger partial charge in [-0.2, -0.15) is 0 Å². The molecule has 0 unspecified atom stereocenters. The molecule has 3 nitrogen and oxygen atoms in total. The molecule has 0 aliphatic carbocycles. The van der Waals surface area contributed by atoms with E-state index in [2.05, 4.69) is 6.92 Å². The van der Waals surface area contributed by atoms with Gasteiger partial charge in [0, 0.05) is 12.6 Å². The van der Waals surface area contributed by atoms with Crippen molar-refractivity contribution in [2.75, 3.05) is 6.54 Å². The van der Waals surface area contributed by atoms with E-state index in [1.54, 1.807) is 0 Å². The lowest BCUT2D eigenvalue weighted by atomic mass is 9.99. The summed E-state index contributed by atoms with van der Waals surface area (Å²) in [7, 11) is 0. The van der Waals surface area contributed by atoms with E-state index in [4.69, 9.17) is 4.74 Å². The number of carbonyl (C=O) groups excluding carboxylic acids is 1.